The summed E-state index contributed by atoms with van der Waals surface area (Å²) in [6.45, 7) is 1.91. The van der Waals surface area contributed by atoms with Crippen molar-refractivity contribution < 1.29 is 17.9 Å². The molecule has 10 heteroatoms. The highest BCUT2D eigenvalue weighted by Gasteiger charge is 2.26. The van der Waals surface area contributed by atoms with Gasteiger partial charge in [0.2, 0.25) is 0 Å². The number of hydrogen-bond donors (Lipinski definition) is 0. The zero-order valence-electron chi connectivity index (χ0n) is 17.3. The molecule has 164 valence electrons. The molecule has 2 heterocycles. The number of hydrogen-bond acceptors (Lipinski definition) is 8. The predicted molar refractivity (Wildman–Crippen MR) is 130 cm³/mol. The molecule has 0 aliphatic heterocycles. The molecule has 31 heavy (non-hydrogen) atoms. The number of nitrogens with zero attached hydrogens (tertiary/aromatic N) is 2. The minimum Gasteiger partial charge on any atom is -0.468 e. The summed E-state index contributed by atoms with van der Waals surface area (Å²) < 4.78 is 32.7. The number of esters is 1. The minimum absolute atomic E-state index is 0.177. The smallest absolute Gasteiger partial charge is 0.315 e. The van der Waals surface area contributed by atoms with Gasteiger partial charge in [-0.15, -0.1) is 34.4 Å². The van der Waals surface area contributed by atoms with Crippen LogP contribution in [0.5, 0.6) is 0 Å². The largest absolute Gasteiger partial charge is 0.468 e. The molecule has 0 radical (unpaired) electrons. The highest BCUT2D eigenvalue weighted by Crippen LogP contribution is 2.33. The molecule has 0 atom stereocenters. The lowest BCUT2D eigenvalue weighted by Crippen LogP contribution is -2.27. The van der Waals surface area contributed by atoms with E-state index in [0.717, 1.165) is 16.1 Å². The van der Waals surface area contributed by atoms with Crippen molar-refractivity contribution in [3.63, 3.8) is 0 Å². The maximum atomic E-state index is 13.4. The first-order chi connectivity index (χ1) is 14.8. The van der Waals surface area contributed by atoms with E-state index >= 15 is 0 Å². The van der Waals surface area contributed by atoms with Crippen LogP contribution in [0, 0.1) is 6.92 Å². The van der Waals surface area contributed by atoms with Crippen molar-refractivity contribution in [3.05, 3.63) is 62.2 Å². The summed E-state index contributed by atoms with van der Waals surface area (Å²) in [5, 5.41) is 4.55. The highest BCUT2D eigenvalue weighted by molar-refractivity contribution is 7.99. The van der Waals surface area contributed by atoms with E-state index in [2.05, 4.69) is 9.72 Å². The summed E-state index contributed by atoms with van der Waals surface area (Å²) in [5.74, 6) is 0.266. The monoisotopic (exact) mass is 494 g/mol. The summed E-state index contributed by atoms with van der Waals surface area (Å²) in [6, 6.07) is 7.21. The number of benzene rings is 1. The SMILES string of the molecule is COC(=O)CSCc1sccc1S(=O)(=O)N(C)c1cccc(/C=C/c2nccs2)c1C. The van der Waals surface area contributed by atoms with Crippen molar-refractivity contribution in [2.24, 2.45) is 0 Å². The first kappa shape index (κ1) is 23.5. The molecule has 0 fully saturated rings. The van der Waals surface area contributed by atoms with Gasteiger partial charge in [-0.2, -0.15) is 0 Å². The van der Waals surface area contributed by atoms with E-state index in [0.29, 0.717) is 16.3 Å². The molecule has 2 aromatic heterocycles. The number of sulfonamides is 1. The van der Waals surface area contributed by atoms with Crippen molar-refractivity contribution >= 4 is 68.3 Å². The molecule has 0 aliphatic rings. The second-order valence-corrected chi connectivity index (χ2v) is 11.3. The standard InChI is InChI=1S/C21H22N2O4S4/c1-15-16(7-8-20-22-10-12-30-20)5-4-6-17(15)23(2)31(25,26)19-9-11-29-18(19)13-28-14-21(24)27-3/h4-12H,13-14H2,1-3H3/b8-7+. The van der Waals surface area contributed by atoms with Gasteiger partial charge in [-0.05, 0) is 41.6 Å². The Kier molecular flexibility index (Phi) is 7.93. The number of ether oxygens (including phenoxy) is 1. The van der Waals surface area contributed by atoms with Crippen molar-refractivity contribution in [2.75, 3.05) is 24.2 Å². The maximum Gasteiger partial charge on any atom is 0.315 e. The molecule has 0 saturated carbocycles. The topological polar surface area (TPSA) is 76.6 Å². The van der Waals surface area contributed by atoms with Gasteiger partial charge in [0, 0.05) is 29.3 Å². The molecular weight excluding hydrogens is 473 g/mol. The van der Waals surface area contributed by atoms with Crippen molar-refractivity contribution in [1.82, 2.24) is 4.98 Å². The third-order valence-electron chi connectivity index (χ3n) is 4.57. The Morgan fingerprint density at radius 3 is 2.74 bits per heavy atom. The normalized spacial score (nSPS) is 11.7. The van der Waals surface area contributed by atoms with Gasteiger partial charge >= 0.3 is 5.97 Å². The molecule has 3 rings (SSSR count). The average molecular weight is 495 g/mol. The van der Waals surface area contributed by atoms with E-state index in [9.17, 15) is 13.2 Å². The fraction of sp³-hybridized carbons (Fsp3) is 0.238. The van der Waals surface area contributed by atoms with E-state index in [-0.39, 0.29) is 16.6 Å². The molecule has 0 saturated heterocycles. The molecule has 0 unspecified atom stereocenters. The molecule has 3 aromatic rings. The number of anilines is 1. The van der Waals surface area contributed by atoms with Gasteiger partial charge in [-0.3, -0.25) is 9.10 Å². The average Bonchev–Trinajstić information content (AvgIpc) is 3.44. The Labute approximate surface area is 194 Å². The fourth-order valence-electron chi connectivity index (χ4n) is 2.87. The highest BCUT2D eigenvalue weighted by atomic mass is 32.2. The fourth-order valence-corrected chi connectivity index (χ4v) is 7.19. The van der Waals surface area contributed by atoms with Crippen LogP contribution < -0.4 is 4.31 Å². The molecular formula is C21H22N2O4S4. The lowest BCUT2D eigenvalue weighted by atomic mass is 10.1. The number of thiophene rings is 1. The van der Waals surface area contributed by atoms with E-state index in [1.807, 2.05) is 36.6 Å². The molecule has 0 amide bonds. The molecule has 0 N–H and O–H groups in total. The molecule has 1 aromatic carbocycles. The van der Waals surface area contributed by atoms with E-state index in [1.165, 1.54) is 45.9 Å². The van der Waals surface area contributed by atoms with E-state index in [4.69, 9.17) is 0 Å². The van der Waals surface area contributed by atoms with Crippen molar-refractivity contribution in [1.29, 1.82) is 0 Å². The summed E-state index contributed by atoms with van der Waals surface area (Å²) >= 11 is 4.24. The van der Waals surface area contributed by atoms with Crippen molar-refractivity contribution in [2.45, 2.75) is 17.6 Å². The van der Waals surface area contributed by atoms with Crippen LogP contribution in [0.1, 0.15) is 21.0 Å². The summed E-state index contributed by atoms with van der Waals surface area (Å²) in [6.07, 6.45) is 5.61. The number of carbonyl (C=O) groups excluding carboxylic acids is 1. The van der Waals surface area contributed by atoms with Crippen LogP contribution in [0.15, 0.2) is 46.1 Å². The predicted octanol–water partition coefficient (Wildman–Crippen LogP) is 4.91. The van der Waals surface area contributed by atoms with Crippen LogP contribution in [0.4, 0.5) is 5.69 Å². The number of thiazole rings is 1. The summed E-state index contributed by atoms with van der Waals surface area (Å²) in [5.41, 5.74) is 2.40. The first-order valence-electron chi connectivity index (χ1n) is 9.21. The van der Waals surface area contributed by atoms with Gasteiger partial charge < -0.3 is 4.74 Å². The lowest BCUT2D eigenvalue weighted by molar-refractivity contribution is -0.137. The second-order valence-electron chi connectivity index (χ2n) is 6.44. The van der Waals surface area contributed by atoms with Gasteiger partial charge in [-0.1, -0.05) is 18.2 Å². The van der Waals surface area contributed by atoms with Crippen LogP contribution in [-0.2, 0) is 25.3 Å². The Bertz CT molecular complexity index is 1170. The lowest BCUT2D eigenvalue weighted by Gasteiger charge is -2.22. The van der Waals surface area contributed by atoms with Crippen molar-refractivity contribution in [3.8, 4) is 0 Å². The van der Waals surface area contributed by atoms with Gasteiger partial charge in [0.05, 0.1) is 18.6 Å². The van der Waals surface area contributed by atoms with Crippen LogP contribution in [-0.4, -0.2) is 39.3 Å². The number of methoxy groups -OCH3 is 1. The van der Waals surface area contributed by atoms with E-state index in [1.54, 1.807) is 30.8 Å². The number of carbonyl (C=O) groups is 1. The van der Waals surface area contributed by atoms with E-state index < -0.39 is 10.0 Å². The summed E-state index contributed by atoms with van der Waals surface area (Å²) in [4.78, 5) is 16.5. The van der Waals surface area contributed by atoms with Gasteiger partial charge in [0.15, 0.2) is 0 Å². The number of aromatic nitrogens is 1. The maximum absolute atomic E-state index is 13.4. The molecule has 0 bridgehead atoms. The third kappa shape index (κ3) is 5.57. The van der Waals surface area contributed by atoms with Crippen LogP contribution >= 0.6 is 34.4 Å². The molecule has 6 nitrogen and oxygen atoms in total. The van der Waals surface area contributed by atoms with Crippen LogP contribution in [0.3, 0.4) is 0 Å². The summed E-state index contributed by atoms with van der Waals surface area (Å²) in [7, 11) is -0.854. The second kappa shape index (κ2) is 10.4. The quantitative estimate of drug-likeness (QED) is 0.393. The van der Waals surface area contributed by atoms with Gasteiger partial charge in [0.25, 0.3) is 10.0 Å². The number of rotatable bonds is 9. The van der Waals surface area contributed by atoms with Gasteiger partial charge in [0.1, 0.15) is 9.90 Å². The van der Waals surface area contributed by atoms with Crippen LogP contribution in [0.2, 0.25) is 0 Å². The van der Waals surface area contributed by atoms with Crippen LogP contribution in [0.25, 0.3) is 12.2 Å². The Morgan fingerprint density at radius 2 is 2.03 bits per heavy atom. The Hall–Kier alpha value is -2.14. The minimum atomic E-state index is -3.75. The Morgan fingerprint density at radius 1 is 1.23 bits per heavy atom. The third-order valence-corrected chi connectivity index (χ3v) is 9.33. The Balaban J connectivity index is 1.84. The molecule has 0 spiro atoms. The zero-order valence-corrected chi connectivity index (χ0v) is 20.5. The van der Waals surface area contributed by atoms with Gasteiger partial charge in [-0.25, -0.2) is 13.4 Å². The first-order valence-corrected chi connectivity index (χ1v) is 13.6. The molecule has 0 aliphatic carbocycles. The number of thioether (sulfide) groups is 1. The zero-order chi connectivity index (χ0) is 22.4.